The zero-order chi connectivity index (χ0) is 11.1. The minimum absolute atomic E-state index is 0.118. The first-order valence-electron chi connectivity index (χ1n) is 5.19. The van der Waals surface area contributed by atoms with Gasteiger partial charge in [-0.25, -0.2) is 4.90 Å². The molecule has 1 saturated heterocycles. The molecule has 2 amide bonds. The van der Waals surface area contributed by atoms with Gasteiger partial charge in [0, 0.05) is 24.4 Å². The predicted molar refractivity (Wildman–Crippen MR) is 60.0 cm³/mol. The second-order valence-electron chi connectivity index (χ2n) is 3.84. The first kappa shape index (κ1) is 9.15. The van der Waals surface area contributed by atoms with E-state index in [1.165, 1.54) is 4.90 Å². The van der Waals surface area contributed by atoms with Gasteiger partial charge in [-0.05, 0) is 12.1 Å². The molecule has 0 spiro atoms. The normalized spacial score (nSPS) is 16.4. The molecule has 4 nitrogen and oxygen atoms in total. The van der Waals surface area contributed by atoms with Crippen LogP contribution in [0, 0.1) is 0 Å². The van der Waals surface area contributed by atoms with E-state index in [-0.39, 0.29) is 11.8 Å². The number of carbonyl (C=O) groups excluding carboxylic acids is 2. The van der Waals surface area contributed by atoms with Gasteiger partial charge in [0.05, 0.1) is 11.2 Å². The summed E-state index contributed by atoms with van der Waals surface area (Å²) in [5.74, 6) is -0.237. The molecule has 2 heterocycles. The van der Waals surface area contributed by atoms with Gasteiger partial charge in [0.25, 0.3) is 0 Å². The van der Waals surface area contributed by atoms with Gasteiger partial charge < -0.3 is 4.98 Å². The van der Waals surface area contributed by atoms with Crippen LogP contribution in [0.15, 0.2) is 30.5 Å². The largest absolute Gasteiger partial charge is 0.359 e. The Hall–Kier alpha value is -2.10. The number of para-hydroxylation sites is 1. The number of anilines is 1. The average molecular weight is 214 g/mol. The molecule has 0 atom stereocenters. The van der Waals surface area contributed by atoms with E-state index < -0.39 is 0 Å². The van der Waals surface area contributed by atoms with E-state index in [1.54, 1.807) is 12.3 Å². The third-order valence-corrected chi connectivity index (χ3v) is 2.86. The molecule has 4 heteroatoms. The van der Waals surface area contributed by atoms with Crippen LogP contribution in [0.5, 0.6) is 0 Å². The zero-order valence-electron chi connectivity index (χ0n) is 8.56. The second kappa shape index (κ2) is 3.20. The molecule has 1 aliphatic heterocycles. The Morgan fingerprint density at radius 2 is 1.81 bits per heavy atom. The lowest BCUT2D eigenvalue weighted by Crippen LogP contribution is -2.28. The van der Waals surface area contributed by atoms with Gasteiger partial charge in [-0.2, -0.15) is 0 Å². The lowest BCUT2D eigenvalue weighted by molar-refractivity contribution is -0.121. The zero-order valence-corrected chi connectivity index (χ0v) is 8.56. The number of carbonyl (C=O) groups is 2. The first-order chi connectivity index (χ1) is 7.77. The van der Waals surface area contributed by atoms with Gasteiger partial charge in [-0.15, -0.1) is 0 Å². The maximum absolute atomic E-state index is 11.6. The monoisotopic (exact) mass is 214 g/mol. The molecule has 1 aliphatic rings. The molecule has 3 rings (SSSR count). The van der Waals surface area contributed by atoms with E-state index in [0.717, 1.165) is 10.9 Å². The van der Waals surface area contributed by atoms with Gasteiger partial charge in [-0.1, -0.05) is 12.1 Å². The summed E-state index contributed by atoms with van der Waals surface area (Å²) in [7, 11) is 0. The van der Waals surface area contributed by atoms with Crippen molar-refractivity contribution in [2.45, 2.75) is 12.8 Å². The summed E-state index contributed by atoms with van der Waals surface area (Å²) in [5, 5.41) is 1.00. The molecule has 1 aromatic heterocycles. The number of benzene rings is 1. The van der Waals surface area contributed by atoms with Crippen LogP contribution in [-0.2, 0) is 9.59 Å². The summed E-state index contributed by atoms with van der Waals surface area (Å²) in [5.41, 5.74) is 1.50. The molecule has 0 aliphatic carbocycles. The number of H-pyrrole nitrogens is 1. The van der Waals surface area contributed by atoms with Crippen molar-refractivity contribution in [1.29, 1.82) is 0 Å². The number of hydrogen-bond donors (Lipinski definition) is 1. The minimum atomic E-state index is -0.118. The molecular weight excluding hydrogens is 204 g/mol. The third-order valence-electron chi connectivity index (χ3n) is 2.86. The van der Waals surface area contributed by atoms with E-state index in [4.69, 9.17) is 0 Å². The highest BCUT2D eigenvalue weighted by Gasteiger charge is 2.31. The van der Waals surface area contributed by atoms with Crippen LogP contribution in [0.4, 0.5) is 5.69 Å². The van der Waals surface area contributed by atoms with Crippen molar-refractivity contribution in [2.75, 3.05) is 4.90 Å². The maximum atomic E-state index is 11.6. The number of aromatic nitrogens is 1. The van der Waals surface area contributed by atoms with Crippen LogP contribution in [0.25, 0.3) is 10.9 Å². The molecule has 0 radical (unpaired) electrons. The highest BCUT2D eigenvalue weighted by molar-refractivity contribution is 6.22. The lowest BCUT2D eigenvalue weighted by Gasteiger charge is -2.14. The van der Waals surface area contributed by atoms with Crippen molar-refractivity contribution in [3.8, 4) is 0 Å². The van der Waals surface area contributed by atoms with E-state index >= 15 is 0 Å². The Balaban J connectivity index is 2.22. The number of imide groups is 1. The molecule has 1 fully saturated rings. The average Bonchev–Trinajstić information content (AvgIpc) is 2.86. The number of aromatic amines is 1. The van der Waals surface area contributed by atoms with E-state index in [0.29, 0.717) is 18.5 Å². The lowest BCUT2D eigenvalue weighted by atomic mass is 10.2. The molecule has 0 saturated carbocycles. The Kier molecular flexibility index (Phi) is 1.83. The van der Waals surface area contributed by atoms with E-state index in [9.17, 15) is 9.59 Å². The van der Waals surface area contributed by atoms with Gasteiger partial charge in [-0.3, -0.25) is 9.59 Å². The Morgan fingerprint density at radius 3 is 2.56 bits per heavy atom. The fraction of sp³-hybridized carbons (Fsp3) is 0.167. The van der Waals surface area contributed by atoms with Crippen molar-refractivity contribution in [3.05, 3.63) is 30.5 Å². The van der Waals surface area contributed by atoms with E-state index in [2.05, 4.69) is 4.98 Å². The Labute approximate surface area is 91.9 Å². The quantitative estimate of drug-likeness (QED) is 0.736. The van der Waals surface area contributed by atoms with Crippen molar-refractivity contribution >= 4 is 28.4 Å². The number of amides is 2. The third kappa shape index (κ3) is 1.16. The highest BCUT2D eigenvalue weighted by atomic mass is 16.2. The van der Waals surface area contributed by atoms with Crippen LogP contribution in [0.2, 0.25) is 0 Å². The predicted octanol–water partition coefficient (Wildman–Crippen LogP) is 1.82. The summed E-state index contributed by atoms with van der Waals surface area (Å²) in [6, 6.07) is 7.51. The summed E-state index contributed by atoms with van der Waals surface area (Å²) in [6.07, 6.45) is 2.44. The summed E-state index contributed by atoms with van der Waals surface area (Å²) >= 11 is 0. The topological polar surface area (TPSA) is 53.2 Å². The SMILES string of the molecule is O=C1CCC(=O)N1c1cccc2cc[nH]c12. The van der Waals surface area contributed by atoms with Crippen molar-refractivity contribution in [2.24, 2.45) is 0 Å². The minimum Gasteiger partial charge on any atom is -0.359 e. The Bertz CT molecular complexity index is 569. The van der Waals surface area contributed by atoms with E-state index in [1.807, 2.05) is 18.2 Å². The smallest absolute Gasteiger partial charge is 0.234 e. The summed E-state index contributed by atoms with van der Waals surface area (Å²) in [6.45, 7) is 0. The van der Waals surface area contributed by atoms with Crippen molar-refractivity contribution in [3.63, 3.8) is 0 Å². The van der Waals surface area contributed by atoms with Gasteiger partial charge in [0.2, 0.25) is 11.8 Å². The second-order valence-corrected chi connectivity index (χ2v) is 3.84. The van der Waals surface area contributed by atoms with Gasteiger partial charge >= 0.3 is 0 Å². The molecule has 2 aromatic rings. The molecule has 1 aromatic carbocycles. The summed E-state index contributed by atoms with van der Waals surface area (Å²) < 4.78 is 0. The van der Waals surface area contributed by atoms with Gasteiger partial charge in [0.15, 0.2) is 0 Å². The van der Waals surface area contributed by atoms with Crippen LogP contribution >= 0.6 is 0 Å². The Morgan fingerprint density at radius 1 is 1.06 bits per heavy atom. The van der Waals surface area contributed by atoms with Crippen LogP contribution in [0.1, 0.15) is 12.8 Å². The summed E-state index contributed by atoms with van der Waals surface area (Å²) in [4.78, 5) is 27.6. The maximum Gasteiger partial charge on any atom is 0.234 e. The number of hydrogen-bond acceptors (Lipinski definition) is 2. The molecule has 0 bridgehead atoms. The first-order valence-corrected chi connectivity index (χ1v) is 5.19. The van der Waals surface area contributed by atoms with Crippen LogP contribution < -0.4 is 4.90 Å². The molecule has 0 unspecified atom stereocenters. The van der Waals surface area contributed by atoms with Crippen molar-refractivity contribution < 1.29 is 9.59 Å². The number of rotatable bonds is 1. The fourth-order valence-electron chi connectivity index (χ4n) is 2.10. The number of nitrogens with zero attached hydrogens (tertiary/aromatic N) is 1. The van der Waals surface area contributed by atoms with Crippen molar-refractivity contribution in [1.82, 2.24) is 4.98 Å². The molecular formula is C12H10N2O2. The highest BCUT2D eigenvalue weighted by Crippen LogP contribution is 2.29. The number of fused-ring (bicyclic) bond motifs is 1. The van der Waals surface area contributed by atoms with Crippen LogP contribution in [0.3, 0.4) is 0 Å². The molecule has 1 N–H and O–H groups in total. The molecule has 80 valence electrons. The fourth-order valence-corrected chi connectivity index (χ4v) is 2.10. The van der Waals surface area contributed by atoms with Gasteiger partial charge in [0.1, 0.15) is 0 Å². The number of nitrogens with one attached hydrogen (secondary N) is 1. The standard InChI is InChI=1S/C12H10N2O2/c15-10-4-5-11(16)14(10)9-3-1-2-8-6-7-13-12(8)9/h1-3,6-7,13H,4-5H2. The van der Waals surface area contributed by atoms with Crippen LogP contribution in [-0.4, -0.2) is 16.8 Å². The molecule has 16 heavy (non-hydrogen) atoms.